The summed E-state index contributed by atoms with van der Waals surface area (Å²) >= 11 is 0. The van der Waals surface area contributed by atoms with E-state index in [1.165, 1.54) is 6.07 Å². The minimum Gasteiger partial charge on any atom is -0.388 e. The van der Waals surface area contributed by atoms with Crippen molar-refractivity contribution in [3.63, 3.8) is 0 Å². The van der Waals surface area contributed by atoms with Gasteiger partial charge < -0.3 is 15.7 Å². The Balaban J connectivity index is 1.74. The van der Waals surface area contributed by atoms with Crippen molar-refractivity contribution in [1.29, 1.82) is 0 Å². The normalized spacial score (nSPS) is 15.9. The number of amides is 1. The van der Waals surface area contributed by atoms with Gasteiger partial charge in [0.05, 0.1) is 10.5 Å². The van der Waals surface area contributed by atoms with Gasteiger partial charge in [-0.3, -0.25) is 14.9 Å². The van der Waals surface area contributed by atoms with Crippen LogP contribution in [0.1, 0.15) is 25.7 Å². The maximum absolute atomic E-state index is 11.6. The number of carbonyl (C=O) groups is 1. The van der Waals surface area contributed by atoms with Crippen LogP contribution in [0, 0.1) is 10.1 Å². The third-order valence-electron chi connectivity index (χ3n) is 3.67. The molecule has 7 nitrogen and oxygen atoms in total. The molecule has 1 fully saturated rings. The number of anilines is 1. The summed E-state index contributed by atoms with van der Waals surface area (Å²) in [5, 5.41) is 26.3. The molecule has 1 saturated carbocycles. The zero-order valence-electron chi connectivity index (χ0n) is 11.7. The number of benzene rings is 1. The molecule has 0 unspecified atom stereocenters. The van der Waals surface area contributed by atoms with Crippen LogP contribution in [0.3, 0.4) is 0 Å². The molecule has 2 rings (SSSR count). The Kier molecular flexibility index (Phi) is 4.74. The molecule has 7 heteroatoms. The largest absolute Gasteiger partial charge is 0.388 e. The average molecular weight is 293 g/mol. The lowest BCUT2D eigenvalue weighted by atomic mass is 9.80. The van der Waals surface area contributed by atoms with E-state index >= 15 is 0 Å². The van der Waals surface area contributed by atoms with Gasteiger partial charge in [-0.15, -0.1) is 0 Å². The minimum atomic E-state index is -0.735. The topological polar surface area (TPSA) is 104 Å². The molecule has 1 aliphatic rings. The van der Waals surface area contributed by atoms with Crippen molar-refractivity contribution in [2.75, 3.05) is 18.4 Å². The van der Waals surface area contributed by atoms with Crippen molar-refractivity contribution in [2.24, 2.45) is 0 Å². The third-order valence-corrected chi connectivity index (χ3v) is 3.67. The Labute approximate surface area is 122 Å². The molecule has 0 radical (unpaired) electrons. The first-order chi connectivity index (χ1) is 10.0. The zero-order chi connectivity index (χ0) is 15.3. The first-order valence-corrected chi connectivity index (χ1v) is 6.97. The third kappa shape index (κ3) is 4.16. The summed E-state index contributed by atoms with van der Waals surface area (Å²) in [6.45, 7) is 0.576. The molecule has 0 spiro atoms. The molecule has 21 heavy (non-hydrogen) atoms. The van der Waals surface area contributed by atoms with Gasteiger partial charge in [0.25, 0.3) is 5.69 Å². The smallest absolute Gasteiger partial charge is 0.292 e. The second kappa shape index (κ2) is 6.53. The Morgan fingerprint density at radius 2 is 2.10 bits per heavy atom. The standard InChI is InChI=1S/C14H19N3O4/c18-13(16-10-14(19)7-3-8-14)6-9-15-11-4-1-2-5-12(11)17(20)21/h1-2,4-5,15,19H,3,6-10H2,(H,16,18). The summed E-state index contributed by atoms with van der Waals surface area (Å²) in [4.78, 5) is 22.0. The van der Waals surface area contributed by atoms with Crippen LogP contribution < -0.4 is 10.6 Å². The zero-order valence-corrected chi connectivity index (χ0v) is 11.7. The summed E-state index contributed by atoms with van der Waals surface area (Å²) in [6, 6.07) is 6.30. The van der Waals surface area contributed by atoms with Crippen LogP contribution in [0.5, 0.6) is 0 Å². The molecule has 0 heterocycles. The van der Waals surface area contributed by atoms with Crippen molar-refractivity contribution in [3.8, 4) is 0 Å². The van der Waals surface area contributed by atoms with Gasteiger partial charge in [0.2, 0.25) is 5.91 Å². The van der Waals surface area contributed by atoms with Gasteiger partial charge in [0, 0.05) is 25.6 Å². The number of nitrogens with one attached hydrogen (secondary N) is 2. The molecule has 0 bridgehead atoms. The highest BCUT2D eigenvalue weighted by molar-refractivity contribution is 5.76. The van der Waals surface area contributed by atoms with Gasteiger partial charge in [-0.1, -0.05) is 12.1 Å². The molecule has 3 N–H and O–H groups in total. The predicted octanol–water partition coefficient (Wildman–Crippen LogP) is 1.43. The molecule has 0 aliphatic heterocycles. The summed E-state index contributed by atoms with van der Waals surface area (Å²) < 4.78 is 0. The number of nitro benzene ring substituents is 1. The average Bonchev–Trinajstić information content (AvgIpc) is 2.43. The van der Waals surface area contributed by atoms with Gasteiger partial charge in [-0.2, -0.15) is 0 Å². The maximum Gasteiger partial charge on any atom is 0.292 e. The maximum atomic E-state index is 11.6. The summed E-state index contributed by atoms with van der Waals surface area (Å²) in [5.74, 6) is -0.179. The van der Waals surface area contributed by atoms with Gasteiger partial charge in [0.1, 0.15) is 5.69 Å². The first kappa shape index (κ1) is 15.2. The van der Waals surface area contributed by atoms with Crippen LogP contribution in [0.4, 0.5) is 11.4 Å². The van der Waals surface area contributed by atoms with Crippen LogP contribution in [0.2, 0.25) is 0 Å². The van der Waals surface area contributed by atoms with Crippen molar-refractivity contribution >= 4 is 17.3 Å². The SMILES string of the molecule is O=C(CCNc1ccccc1[N+](=O)[O-])NCC1(O)CCC1. The van der Waals surface area contributed by atoms with Gasteiger partial charge in [0.15, 0.2) is 0 Å². The van der Waals surface area contributed by atoms with Crippen molar-refractivity contribution in [3.05, 3.63) is 34.4 Å². The minimum absolute atomic E-state index is 0.0123. The second-order valence-electron chi connectivity index (χ2n) is 5.31. The fourth-order valence-corrected chi connectivity index (χ4v) is 2.21. The van der Waals surface area contributed by atoms with E-state index in [2.05, 4.69) is 10.6 Å². The lowest BCUT2D eigenvalue weighted by Gasteiger charge is -2.36. The highest BCUT2D eigenvalue weighted by atomic mass is 16.6. The molecule has 1 aromatic carbocycles. The fourth-order valence-electron chi connectivity index (χ4n) is 2.21. The molecule has 1 aliphatic carbocycles. The predicted molar refractivity (Wildman–Crippen MR) is 78.0 cm³/mol. The molecule has 0 atom stereocenters. The summed E-state index contributed by atoms with van der Waals surface area (Å²) in [6.07, 6.45) is 2.64. The van der Waals surface area contributed by atoms with E-state index < -0.39 is 10.5 Å². The number of carbonyl (C=O) groups excluding carboxylic acids is 1. The van der Waals surface area contributed by atoms with E-state index in [1.54, 1.807) is 18.2 Å². The van der Waals surface area contributed by atoms with E-state index in [0.717, 1.165) is 19.3 Å². The van der Waals surface area contributed by atoms with Crippen LogP contribution in [0.15, 0.2) is 24.3 Å². The van der Waals surface area contributed by atoms with E-state index in [1.807, 2.05) is 0 Å². The summed E-state index contributed by atoms with van der Waals surface area (Å²) in [5.41, 5.74) is -0.351. The Bertz CT molecular complexity index is 529. The molecular formula is C14H19N3O4. The number of nitrogens with zero attached hydrogens (tertiary/aromatic N) is 1. The van der Waals surface area contributed by atoms with E-state index in [4.69, 9.17) is 0 Å². The highest BCUT2D eigenvalue weighted by Gasteiger charge is 2.34. The second-order valence-corrected chi connectivity index (χ2v) is 5.31. The fraction of sp³-hybridized carbons (Fsp3) is 0.500. The van der Waals surface area contributed by atoms with Gasteiger partial charge in [-0.05, 0) is 25.3 Å². The lowest BCUT2D eigenvalue weighted by molar-refractivity contribution is -0.384. The monoisotopic (exact) mass is 293 g/mol. The highest BCUT2D eigenvalue weighted by Crippen LogP contribution is 2.30. The number of rotatable bonds is 7. The van der Waals surface area contributed by atoms with Crippen LogP contribution in [0.25, 0.3) is 0 Å². The molecule has 0 aromatic heterocycles. The Morgan fingerprint density at radius 1 is 1.38 bits per heavy atom. The van der Waals surface area contributed by atoms with E-state index in [9.17, 15) is 20.0 Å². The lowest BCUT2D eigenvalue weighted by Crippen LogP contribution is -2.47. The van der Waals surface area contributed by atoms with Crippen LogP contribution in [-0.4, -0.2) is 34.6 Å². The van der Waals surface area contributed by atoms with Crippen LogP contribution >= 0.6 is 0 Å². The van der Waals surface area contributed by atoms with Gasteiger partial charge in [-0.25, -0.2) is 0 Å². The first-order valence-electron chi connectivity index (χ1n) is 6.97. The number of nitro groups is 1. The molecule has 114 valence electrons. The molecule has 0 saturated heterocycles. The number of aliphatic hydroxyl groups is 1. The molecular weight excluding hydrogens is 274 g/mol. The Hall–Kier alpha value is -2.15. The van der Waals surface area contributed by atoms with Crippen LogP contribution in [-0.2, 0) is 4.79 Å². The van der Waals surface area contributed by atoms with Gasteiger partial charge >= 0.3 is 0 Å². The summed E-state index contributed by atoms with van der Waals surface area (Å²) in [7, 11) is 0. The molecule has 1 aromatic rings. The van der Waals surface area contributed by atoms with E-state index in [0.29, 0.717) is 12.2 Å². The quantitative estimate of drug-likeness (QED) is 0.521. The number of para-hydroxylation sites is 2. The molecule has 1 amide bonds. The Morgan fingerprint density at radius 3 is 2.71 bits per heavy atom. The number of hydrogen-bond acceptors (Lipinski definition) is 5. The van der Waals surface area contributed by atoms with Crippen molar-refractivity contribution in [1.82, 2.24) is 5.32 Å². The number of hydrogen-bond donors (Lipinski definition) is 3. The van der Waals surface area contributed by atoms with E-state index in [-0.39, 0.29) is 24.6 Å². The van der Waals surface area contributed by atoms with Crippen molar-refractivity contribution in [2.45, 2.75) is 31.3 Å². The van der Waals surface area contributed by atoms with Crippen molar-refractivity contribution < 1.29 is 14.8 Å².